The molecule has 0 spiro atoms. The number of rotatable bonds is 6. The maximum Gasteiger partial charge on any atom is 0.123 e. The van der Waals surface area contributed by atoms with Gasteiger partial charge in [-0.1, -0.05) is 11.6 Å². The van der Waals surface area contributed by atoms with E-state index in [2.05, 4.69) is 0 Å². The Morgan fingerprint density at radius 2 is 1.81 bits per heavy atom. The fourth-order valence-corrected chi connectivity index (χ4v) is 2.94. The monoisotopic (exact) mass is 323 g/mol. The first-order chi connectivity index (χ1) is 10.1. The number of nitrogens with two attached hydrogens (primary N) is 1. The van der Waals surface area contributed by atoms with Gasteiger partial charge in [0.05, 0.1) is 14.2 Å². The second-order valence-corrected chi connectivity index (χ2v) is 6.01. The van der Waals surface area contributed by atoms with E-state index < -0.39 is 0 Å². The molecule has 0 saturated carbocycles. The third-order valence-corrected chi connectivity index (χ3v) is 4.46. The number of thioether (sulfide) groups is 1. The van der Waals surface area contributed by atoms with Crippen molar-refractivity contribution in [3.8, 4) is 11.5 Å². The van der Waals surface area contributed by atoms with Crippen molar-refractivity contribution in [3.05, 3.63) is 53.1 Å². The third kappa shape index (κ3) is 4.30. The smallest absolute Gasteiger partial charge is 0.123 e. The van der Waals surface area contributed by atoms with Gasteiger partial charge in [-0.15, -0.1) is 11.8 Å². The molecule has 2 aromatic carbocycles. The first-order valence-corrected chi connectivity index (χ1v) is 7.86. The number of benzene rings is 2. The van der Waals surface area contributed by atoms with Crippen molar-refractivity contribution in [2.24, 2.45) is 5.73 Å². The number of hydrogen-bond acceptors (Lipinski definition) is 4. The first-order valence-electron chi connectivity index (χ1n) is 6.50. The summed E-state index contributed by atoms with van der Waals surface area (Å²) in [5, 5.41) is 0.734. The Kier molecular flexibility index (Phi) is 5.79. The summed E-state index contributed by atoms with van der Waals surface area (Å²) in [6.07, 6.45) is 0. The molecule has 0 bridgehead atoms. The molecule has 3 nitrogen and oxygen atoms in total. The van der Waals surface area contributed by atoms with E-state index in [9.17, 15) is 0 Å². The Bertz CT molecular complexity index is 589. The molecule has 0 aliphatic heterocycles. The summed E-state index contributed by atoms with van der Waals surface area (Å²) < 4.78 is 10.6. The summed E-state index contributed by atoms with van der Waals surface area (Å²) in [5.74, 6) is 2.29. The van der Waals surface area contributed by atoms with Crippen molar-refractivity contribution >= 4 is 23.4 Å². The molecule has 0 fully saturated rings. The maximum absolute atomic E-state index is 6.29. The van der Waals surface area contributed by atoms with Gasteiger partial charge in [0.25, 0.3) is 0 Å². The van der Waals surface area contributed by atoms with Gasteiger partial charge in [0.1, 0.15) is 11.5 Å². The number of hydrogen-bond donors (Lipinski definition) is 1. The molecule has 0 aliphatic rings. The molecule has 21 heavy (non-hydrogen) atoms. The zero-order valence-corrected chi connectivity index (χ0v) is 13.6. The lowest BCUT2D eigenvalue weighted by Gasteiger charge is -2.16. The van der Waals surface area contributed by atoms with Crippen LogP contribution in [0.15, 0.2) is 47.4 Å². The van der Waals surface area contributed by atoms with Crippen LogP contribution >= 0.6 is 23.4 Å². The Labute approximate surface area is 134 Å². The van der Waals surface area contributed by atoms with E-state index in [0.717, 1.165) is 32.7 Å². The van der Waals surface area contributed by atoms with Gasteiger partial charge in [-0.05, 0) is 42.5 Å². The molecule has 2 rings (SSSR count). The molecule has 0 saturated heterocycles. The third-order valence-electron chi connectivity index (χ3n) is 3.08. The molecular formula is C16H18ClNO2S. The Morgan fingerprint density at radius 1 is 1.10 bits per heavy atom. The van der Waals surface area contributed by atoms with E-state index in [0.29, 0.717) is 0 Å². The molecule has 0 amide bonds. The zero-order valence-electron chi connectivity index (χ0n) is 12.0. The normalized spacial score (nSPS) is 12.0. The lowest BCUT2D eigenvalue weighted by molar-refractivity contribution is 0.396. The molecular weight excluding hydrogens is 306 g/mol. The number of halogens is 1. The maximum atomic E-state index is 6.29. The zero-order chi connectivity index (χ0) is 15.2. The summed E-state index contributed by atoms with van der Waals surface area (Å²) in [7, 11) is 3.28. The fraction of sp³-hybridized carbons (Fsp3) is 0.250. The molecule has 112 valence electrons. The van der Waals surface area contributed by atoms with Crippen molar-refractivity contribution in [1.29, 1.82) is 0 Å². The van der Waals surface area contributed by atoms with E-state index in [1.165, 1.54) is 0 Å². The van der Waals surface area contributed by atoms with E-state index >= 15 is 0 Å². The fourth-order valence-electron chi connectivity index (χ4n) is 1.94. The minimum absolute atomic E-state index is 0.143. The van der Waals surface area contributed by atoms with Crippen LogP contribution in [0.25, 0.3) is 0 Å². The average molecular weight is 324 g/mol. The van der Waals surface area contributed by atoms with Crippen LogP contribution in [0.1, 0.15) is 11.6 Å². The van der Waals surface area contributed by atoms with Gasteiger partial charge in [-0.2, -0.15) is 0 Å². The number of methoxy groups -OCH3 is 2. The summed E-state index contributed by atoms with van der Waals surface area (Å²) >= 11 is 7.56. The highest BCUT2D eigenvalue weighted by molar-refractivity contribution is 7.99. The summed E-state index contributed by atoms with van der Waals surface area (Å²) in [6, 6.07) is 13.2. The van der Waals surface area contributed by atoms with Crippen molar-refractivity contribution in [3.63, 3.8) is 0 Å². The van der Waals surface area contributed by atoms with Crippen LogP contribution in [0.4, 0.5) is 0 Å². The van der Waals surface area contributed by atoms with Crippen LogP contribution in [0.3, 0.4) is 0 Å². The van der Waals surface area contributed by atoms with E-state index in [4.69, 9.17) is 26.8 Å². The van der Waals surface area contributed by atoms with E-state index in [1.54, 1.807) is 26.0 Å². The molecule has 0 aliphatic carbocycles. The molecule has 0 radical (unpaired) electrons. The highest BCUT2D eigenvalue weighted by Gasteiger charge is 2.13. The predicted molar refractivity (Wildman–Crippen MR) is 88.7 cm³/mol. The second-order valence-electron chi connectivity index (χ2n) is 4.48. The van der Waals surface area contributed by atoms with Crippen LogP contribution in [-0.4, -0.2) is 20.0 Å². The molecule has 1 atom stereocenters. The predicted octanol–water partition coefficient (Wildman–Crippen LogP) is 4.15. The average Bonchev–Trinajstić information content (AvgIpc) is 2.53. The quantitative estimate of drug-likeness (QED) is 0.811. The van der Waals surface area contributed by atoms with Crippen LogP contribution in [-0.2, 0) is 0 Å². The van der Waals surface area contributed by atoms with Crippen LogP contribution in [0.2, 0.25) is 5.02 Å². The summed E-state index contributed by atoms with van der Waals surface area (Å²) in [5.41, 5.74) is 7.23. The molecule has 1 unspecified atom stereocenters. The van der Waals surface area contributed by atoms with Crippen LogP contribution in [0, 0.1) is 0 Å². The van der Waals surface area contributed by atoms with Gasteiger partial charge in [-0.25, -0.2) is 0 Å². The highest BCUT2D eigenvalue weighted by atomic mass is 35.5. The minimum Gasteiger partial charge on any atom is -0.497 e. The summed E-state index contributed by atoms with van der Waals surface area (Å²) in [6.45, 7) is 0. The SMILES string of the molecule is COc1ccc(OC)c(C(N)CSc2ccc(Cl)cc2)c1. The van der Waals surface area contributed by atoms with Gasteiger partial charge in [0.2, 0.25) is 0 Å². The highest BCUT2D eigenvalue weighted by Crippen LogP contribution is 2.31. The Hall–Kier alpha value is -1.36. The van der Waals surface area contributed by atoms with E-state index in [1.807, 2.05) is 42.5 Å². The standard InChI is InChI=1S/C16H18ClNO2S/c1-19-12-5-8-16(20-2)14(9-12)15(18)10-21-13-6-3-11(17)4-7-13/h3-9,15H,10,18H2,1-2H3. The van der Waals surface area contributed by atoms with Crippen molar-refractivity contribution in [1.82, 2.24) is 0 Å². The van der Waals surface area contributed by atoms with Crippen LogP contribution < -0.4 is 15.2 Å². The van der Waals surface area contributed by atoms with Gasteiger partial charge in [-0.3, -0.25) is 0 Å². The van der Waals surface area contributed by atoms with E-state index in [-0.39, 0.29) is 6.04 Å². The topological polar surface area (TPSA) is 44.5 Å². The van der Waals surface area contributed by atoms with Crippen molar-refractivity contribution in [2.45, 2.75) is 10.9 Å². The van der Waals surface area contributed by atoms with Gasteiger partial charge in [0.15, 0.2) is 0 Å². The molecule has 2 aromatic rings. The molecule has 0 heterocycles. The Morgan fingerprint density at radius 3 is 2.43 bits per heavy atom. The van der Waals surface area contributed by atoms with Gasteiger partial charge >= 0.3 is 0 Å². The van der Waals surface area contributed by atoms with Crippen LogP contribution in [0.5, 0.6) is 11.5 Å². The summed E-state index contributed by atoms with van der Waals surface area (Å²) in [4.78, 5) is 1.14. The number of ether oxygens (including phenoxy) is 2. The minimum atomic E-state index is -0.143. The van der Waals surface area contributed by atoms with Crippen molar-refractivity contribution < 1.29 is 9.47 Å². The first kappa shape index (κ1) is 16.0. The Balaban J connectivity index is 2.08. The molecule has 0 aromatic heterocycles. The largest absolute Gasteiger partial charge is 0.497 e. The molecule has 5 heteroatoms. The van der Waals surface area contributed by atoms with Gasteiger partial charge < -0.3 is 15.2 Å². The van der Waals surface area contributed by atoms with Crippen molar-refractivity contribution in [2.75, 3.05) is 20.0 Å². The lowest BCUT2D eigenvalue weighted by atomic mass is 10.1. The lowest BCUT2D eigenvalue weighted by Crippen LogP contribution is -2.14. The second kappa shape index (κ2) is 7.59. The van der Waals surface area contributed by atoms with Gasteiger partial charge in [0, 0.05) is 27.3 Å². The molecule has 2 N–H and O–H groups in total.